The molecule has 1 aliphatic heterocycles. The molecule has 1 amide bonds. The van der Waals surface area contributed by atoms with Gasteiger partial charge in [0.1, 0.15) is 12.5 Å². The van der Waals surface area contributed by atoms with Crippen LogP contribution in [0.5, 0.6) is 0 Å². The minimum Gasteiger partial charge on any atom is -0.271 e. The molecule has 0 saturated carbocycles. The third-order valence-corrected chi connectivity index (χ3v) is 1.00. The van der Waals surface area contributed by atoms with Gasteiger partial charge in [0.15, 0.2) is 0 Å². The summed E-state index contributed by atoms with van der Waals surface area (Å²) in [5, 5.41) is 7.96. The Kier molecular flexibility index (Phi) is 1.43. The smallest absolute Gasteiger partial charge is 0.268 e. The van der Waals surface area contributed by atoms with Gasteiger partial charge in [0.2, 0.25) is 0 Å². The molecule has 1 heterocycles. The van der Waals surface area contributed by atoms with Crippen LogP contribution in [0.15, 0.2) is 10.3 Å². The molecule has 1 aliphatic rings. The molecule has 0 aromatic carbocycles. The Morgan fingerprint density at radius 1 is 1.88 bits per heavy atom. The Labute approximate surface area is 51.1 Å². The monoisotopic (exact) mass is 133 g/mol. The van der Waals surface area contributed by atoms with Crippen LogP contribution >= 0.6 is 11.6 Å². The number of halogens is 1. The third-order valence-electron chi connectivity index (χ3n) is 0.778. The fourth-order valence-electron chi connectivity index (χ4n) is 0.391. The summed E-state index contributed by atoms with van der Waals surface area (Å²) in [7, 11) is 0. The minimum absolute atomic E-state index is 0.0995. The molecule has 44 valence electrons. The van der Waals surface area contributed by atoms with Gasteiger partial charge in [0, 0.05) is 0 Å². The van der Waals surface area contributed by atoms with Gasteiger partial charge >= 0.3 is 0 Å². The third kappa shape index (κ3) is 0.790. The maximum absolute atomic E-state index is 10.5. The molecule has 0 aliphatic carbocycles. The maximum atomic E-state index is 10.5. The summed E-state index contributed by atoms with van der Waals surface area (Å²) < 4.78 is 0. The standard InChI is InChI=1S/C3H4ClN3O/c4-2-7-3(8)1-5-6-7/h1-2H2. The first-order valence-corrected chi connectivity index (χ1v) is 2.62. The normalized spacial score (nSPS) is 18.1. The van der Waals surface area contributed by atoms with Crippen molar-refractivity contribution in [2.75, 3.05) is 12.5 Å². The Morgan fingerprint density at radius 2 is 2.62 bits per heavy atom. The van der Waals surface area contributed by atoms with Crippen LogP contribution in [0.3, 0.4) is 0 Å². The maximum Gasteiger partial charge on any atom is 0.268 e. The minimum atomic E-state index is -0.139. The van der Waals surface area contributed by atoms with E-state index in [2.05, 4.69) is 10.3 Å². The van der Waals surface area contributed by atoms with E-state index in [4.69, 9.17) is 11.6 Å². The number of alkyl halides is 1. The van der Waals surface area contributed by atoms with Crippen molar-refractivity contribution in [3.8, 4) is 0 Å². The molecule has 0 radical (unpaired) electrons. The number of hydrogen-bond acceptors (Lipinski definition) is 3. The van der Waals surface area contributed by atoms with Gasteiger partial charge in [-0.3, -0.25) is 4.79 Å². The molecule has 0 saturated heterocycles. The summed E-state index contributed by atoms with van der Waals surface area (Å²) in [4.78, 5) is 10.5. The van der Waals surface area contributed by atoms with Crippen LogP contribution in [0.1, 0.15) is 0 Å². The molecule has 0 atom stereocenters. The SMILES string of the molecule is O=C1CN=NN1CCl. The molecule has 0 bridgehead atoms. The molecule has 0 aromatic rings. The van der Waals surface area contributed by atoms with Crippen molar-refractivity contribution < 1.29 is 4.79 Å². The van der Waals surface area contributed by atoms with Gasteiger partial charge in [-0.15, -0.1) is 11.6 Å². The summed E-state index contributed by atoms with van der Waals surface area (Å²) in [6.45, 7) is 0.146. The number of carbonyl (C=O) groups is 1. The second-order valence-corrected chi connectivity index (χ2v) is 1.54. The van der Waals surface area contributed by atoms with Crippen molar-refractivity contribution in [2.45, 2.75) is 0 Å². The van der Waals surface area contributed by atoms with Gasteiger partial charge < -0.3 is 0 Å². The van der Waals surface area contributed by atoms with Crippen LogP contribution in [0.4, 0.5) is 0 Å². The number of carbonyl (C=O) groups excluding carboxylic acids is 1. The van der Waals surface area contributed by atoms with Gasteiger partial charge in [0.25, 0.3) is 5.91 Å². The lowest BCUT2D eigenvalue weighted by Crippen LogP contribution is -2.20. The highest BCUT2D eigenvalue weighted by Crippen LogP contribution is 2.01. The molecule has 1 rings (SSSR count). The fraction of sp³-hybridized carbons (Fsp3) is 0.667. The van der Waals surface area contributed by atoms with Crippen molar-refractivity contribution >= 4 is 17.5 Å². The van der Waals surface area contributed by atoms with E-state index in [0.29, 0.717) is 0 Å². The molecule has 8 heavy (non-hydrogen) atoms. The lowest BCUT2D eigenvalue weighted by molar-refractivity contribution is -0.126. The van der Waals surface area contributed by atoms with Crippen molar-refractivity contribution in [1.82, 2.24) is 5.01 Å². The van der Waals surface area contributed by atoms with Gasteiger partial charge in [-0.05, 0) is 0 Å². The second kappa shape index (κ2) is 2.09. The Hall–Kier alpha value is -0.640. The molecule has 0 N–H and O–H groups in total. The predicted molar refractivity (Wildman–Crippen MR) is 27.3 cm³/mol. The summed E-state index contributed by atoms with van der Waals surface area (Å²) in [5.74, 6) is -0.139. The molecular weight excluding hydrogens is 130 g/mol. The molecule has 0 fully saturated rings. The average molecular weight is 134 g/mol. The highest BCUT2D eigenvalue weighted by molar-refractivity contribution is 6.18. The van der Waals surface area contributed by atoms with Crippen molar-refractivity contribution in [3.63, 3.8) is 0 Å². The Morgan fingerprint density at radius 3 is 2.88 bits per heavy atom. The lowest BCUT2D eigenvalue weighted by atomic mass is 10.6. The fourth-order valence-corrected chi connectivity index (χ4v) is 0.572. The van der Waals surface area contributed by atoms with Crippen molar-refractivity contribution in [1.29, 1.82) is 0 Å². The van der Waals surface area contributed by atoms with E-state index in [1.54, 1.807) is 0 Å². The molecule has 0 spiro atoms. The van der Waals surface area contributed by atoms with Crippen LogP contribution in [-0.4, -0.2) is 23.5 Å². The first-order chi connectivity index (χ1) is 3.84. The van der Waals surface area contributed by atoms with Crippen LogP contribution < -0.4 is 0 Å². The molecule has 0 unspecified atom stereocenters. The zero-order chi connectivity index (χ0) is 5.98. The van der Waals surface area contributed by atoms with Crippen LogP contribution in [0, 0.1) is 0 Å². The first kappa shape index (κ1) is 5.50. The summed E-state index contributed by atoms with van der Waals surface area (Å²) in [5.41, 5.74) is 0. The number of hydrogen-bond donors (Lipinski definition) is 0. The van der Waals surface area contributed by atoms with Gasteiger partial charge in [-0.1, -0.05) is 5.22 Å². The molecular formula is C3H4ClN3O. The number of amides is 1. The van der Waals surface area contributed by atoms with E-state index in [0.717, 1.165) is 5.01 Å². The summed E-state index contributed by atoms with van der Waals surface area (Å²) in [6, 6.07) is 0.0995. The molecule has 5 heteroatoms. The van der Waals surface area contributed by atoms with E-state index in [1.165, 1.54) is 0 Å². The van der Waals surface area contributed by atoms with E-state index in [9.17, 15) is 4.79 Å². The number of nitrogens with zero attached hydrogens (tertiary/aromatic N) is 3. The van der Waals surface area contributed by atoms with E-state index in [-0.39, 0.29) is 18.5 Å². The van der Waals surface area contributed by atoms with Gasteiger partial charge in [0.05, 0.1) is 0 Å². The van der Waals surface area contributed by atoms with Gasteiger partial charge in [-0.2, -0.15) is 10.1 Å². The second-order valence-electron chi connectivity index (χ2n) is 1.30. The van der Waals surface area contributed by atoms with Crippen LogP contribution in [0.2, 0.25) is 0 Å². The van der Waals surface area contributed by atoms with E-state index < -0.39 is 0 Å². The lowest BCUT2D eigenvalue weighted by Gasteiger charge is -2.00. The zero-order valence-corrected chi connectivity index (χ0v) is 4.80. The summed E-state index contributed by atoms with van der Waals surface area (Å²) in [6.07, 6.45) is 0. The van der Waals surface area contributed by atoms with Gasteiger partial charge in [-0.25, -0.2) is 0 Å². The average Bonchev–Trinajstić information content (AvgIpc) is 2.14. The van der Waals surface area contributed by atoms with Crippen molar-refractivity contribution in [2.24, 2.45) is 10.3 Å². The topological polar surface area (TPSA) is 45.0 Å². The van der Waals surface area contributed by atoms with Crippen LogP contribution in [0.25, 0.3) is 0 Å². The molecule has 4 nitrogen and oxygen atoms in total. The van der Waals surface area contributed by atoms with E-state index in [1.807, 2.05) is 0 Å². The largest absolute Gasteiger partial charge is 0.271 e. The highest BCUT2D eigenvalue weighted by atomic mass is 35.5. The summed E-state index contributed by atoms with van der Waals surface area (Å²) >= 11 is 5.25. The molecule has 0 aromatic heterocycles. The van der Waals surface area contributed by atoms with Crippen molar-refractivity contribution in [3.05, 3.63) is 0 Å². The highest BCUT2D eigenvalue weighted by Gasteiger charge is 2.15. The first-order valence-electron chi connectivity index (χ1n) is 2.08. The predicted octanol–water partition coefficient (Wildman–Crippen LogP) is 0.392. The quantitative estimate of drug-likeness (QED) is 0.377. The Balaban J connectivity index is 2.53. The number of rotatable bonds is 1. The van der Waals surface area contributed by atoms with Crippen LogP contribution in [-0.2, 0) is 4.79 Å². The zero-order valence-electron chi connectivity index (χ0n) is 4.04. The van der Waals surface area contributed by atoms with E-state index >= 15 is 0 Å². The Bertz CT molecular complexity index is 134.